The van der Waals surface area contributed by atoms with Crippen LogP contribution in [-0.4, -0.2) is 10.2 Å². The number of hydrogen-bond acceptors (Lipinski definition) is 3. The monoisotopic (exact) mass is 288 g/mol. The number of aromatic nitrogens is 2. The van der Waals surface area contributed by atoms with Crippen molar-refractivity contribution in [3.05, 3.63) is 34.8 Å². The van der Waals surface area contributed by atoms with Crippen LogP contribution in [0.4, 0.5) is 0 Å². The highest BCUT2D eigenvalue weighted by molar-refractivity contribution is 7.14. The molecule has 1 aromatic heterocycles. The highest BCUT2D eigenvalue weighted by Gasteiger charge is 2.06. The van der Waals surface area contributed by atoms with Gasteiger partial charge in [-0.25, -0.2) is 0 Å². The molecule has 3 heteroatoms. The zero-order valence-corrected chi connectivity index (χ0v) is 13.4. The fraction of sp³-hybridized carbons (Fsp3) is 0.529. The first-order chi connectivity index (χ1) is 9.83. The van der Waals surface area contributed by atoms with Gasteiger partial charge in [-0.2, -0.15) is 0 Å². The van der Waals surface area contributed by atoms with Crippen LogP contribution in [0, 0.1) is 0 Å². The zero-order valence-electron chi connectivity index (χ0n) is 12.6. The summed E-state index contributed by atoms with van der Waals surface area (Å²) in [5.41, 5.74) is 2.56. The molecule has 0 atom stereocenters. The van der Waals surface area contributed by atoms with E-state index in [1.165, 1.54) is 48.2 Å². The van der Waals surface area contributed by atoms with Crippen LogP contribution in [0.5, 0.6) is 0 Å². The summed E-state index contributed by atoms with van der Waals surface area (Å²) in [6, 6.07) is 8.68. The average Bonchev–Trinajstić information content (AvgIpc) is 2.96. The van der Waals surface area contributed by atoms with E-state index in [1.807, 2.05) is 0 Å². The van der Waals surface area contributed by atoms with Crippen molar-refractivity contribution in [3.8, 4) is 10.6 Å². The minimum Gasteiger partial charge on any atom is -0.143 e. The topological polar surface area (TPSA) is 25.8 Å². The summed E-state index contributed by atoms with van der Waals surface area (Å²) in [6.45, 7) is 4.43. The van der Waals surface area contributed by atoms with E-state index in [-0.39, 0.29) is 0 Å². The highest BCUT2D eigenvalue weighted by atomic mass is 32.1. The third-order valence-electron chi connectivity index (χ3n) is 3.57. The van der Waals surface area contributed by atoms with Crippen molar-refractivity contribution in [3.63, 3.8) is 0 Å². The van der Waals surface area contributed by atoms with E-state index < -0.39 is 0 Å². The number of hydrogen-bond donors (Lipinski definition) is 0. The summed E-state index contributed by atoms with van der Waals surface area (Å²) in [5.74, 6) is 0. The predicted octanol–water partition coefficient (Wildman–Crippen LogP) is 5.28. The van der Waals surface area contributed by atoms with Crippen molar-refractivity contribution in [2.75, 3.05) is 0 Å². The molecule has 2 aromatic rings. The Morgan fingerprint density at radius 2 is 1.65 bits per heavy atom. The van der Waals surface area contributed by atoms with Gasteiger partial charge >= 0.3 is 0 Å². The minimum atomic E-state index is 1.05. The molecule has 0 bridgehead atoms. The van der Waals surface area contributed by atoms with E-state index in [0.29, 0.717) is 0 Å². The van der Waals surface area contributed by atoms with Crippen LogP contribution >= 0.6 is 11.3 Å². The van der Waals surface area contributed by atoms with Crippen LogP contribution < -0.4 is 0 Å². The number of unbranched alkanes of at least 4 members (excludes halogenated alkanes) is 4. The third kappa shape index (κ3) is 4.41. The molecular weight excluding hydrogens is 264 g/mol. The molecule has 2 nitrogen and oxygen atoms in total. The SMILES string of the molecule is CCCCCCCc1nnc(-c2ccc(CC)cc2)s1. The van der Waals surface area contributed by atoms with E-state index in [4.69, 9.17) is 0 Å². The molecule has 0 N–H and O–H groups in total. The van der Waals surface area contributed by atoms with Crippen molar-refractivity contribution in [2.24, 2.45) is 0 Å². The van der Waals surface area contributed by atoms with Gasteiger partial charge < -0.3 is 0 Å². The smallest absolute Gasteiger partial charge is 0.143 e. The predicted molar refractivity (Wildman–Crippen MR) is 87.2 cm³/mol. The summed E-state index contributed by atoms with van der Waals surface area (Å²) < 4.78 is 0. The van der Waals surface area contributed by atoms with Gasteiger partial charge in [0.1, 0.15) is 10.0 Å². The molecule has 20 heavy (non-hydrogen) atoms. The van der Waals surface area contributed by atoms with Crippen LogP contribution in [0.25, 0.3) is 10.6 Å². The first-order valence-electron chi connectivity index (χ1n) is 7.75. The Labute approximate surface area is 126 Å². The van der Waals surface area contributed by atoms with E-state index >= 15 is 0 Å². The minimum absolute atomic E-state index is 1.05. The van der Waals surface area contributed by atoms with Crippen LogP contribution in [0.2, 0.25) is 0 Å². The quantitative estimate of drug-likeness (QED) is 0.617. The number of benzene rings is 1. The lowest BCUT2D eigenvalue weighted by Gasteiger charge is -1.98. The summed E-state index contributed by atoms with van der Waals surface area (Å²) in [4.78, 5) is 0. The molecule has 0 spiro atoms. The number of aryl methyl sites for hydroxylation is 2. The summed E-state index contributed by atoms with van der Waals surface area (Å²) in [6.07, 6.45) is 8.72. The second kappa shape index (κ2) is 8.15. The van der Waals surface area contributed by atoms with Gasteiger partial charge in [-0.1, -0.05) is 75.1 Å². The summed E-state index contributed by atoms with van der Waals surface area (Å²) >= 11 is 1.74. The molecule has 0 aliphatic heterocycles. The normalized spacial score (nSPS) is 10.9. The van der Waals surface area contributed by atoms with Gasteiger partial charge in [-0.05, 0) is 18.4 Å². The standard InChI is InChI=1S/C17H24N2S/c1-3-5-6-7-8-9-16-18-19-17(20-16)15-12-10-14(4-2)11-13-15/h10-13H,3-9H2,1-2H3. The first-order valence-corrected chi connectivity index (χ1v) is 8.56. The van der Waals surface area contributed by atoms with Gasteiger partial charge in [-0.15, -0.1) is 10.2 Å². The Hall–Kier alpha value is -1.22. The Bertz CT molecular complexity index is 502. The third-order valence-corrected chi connectivity index (χ3v) is 4.60. The maximum Gasteiger partial charge on any atom is 0.147 e. The van der Waals surface area contributed by atoms with Gasteiger partial charge in [0.15, 0.2) is 0 Å². The molecule has 0 amide bonds. The molecule has 0 unspecified atom stereocenters. The van der Waals surface area contributed by atoms with Gasteiger partial charge in [0.05, 0.1) is 0 Å². The Morgan fingerprint density at radius 3 is 2.35 bits per heavy atom. The van der Waals surface area contributed by atoms with Crippen molar-refractivity contribution >= 4 is 11.3 Å². The maximum absolute atomic E-state index is 4.33. The van der Waals surface area contributed by atoms with Crippen molar-refractivity contribution in [1.29, 1.82) is 0 Å². The molecule has 1 heterocycles. The summed E-state index contributed by atoms with van der Waals surface area (Å²) in [5, 5.41) is 10.9. The van der Waals surface area contributed by atoms with E-state index in [0.717, 1.165) is 17.8 Å². The molecular formula is C17H24N2S. The lowest BCUT2D eigenvalue weighted by Crippen LogP contribution is -1.85. The van der Waals surface area contributed by atoms with Crippen LogP contribution in [-0.2, 0) is 12.8 Å². The largest absolute Gasteiger partial charge is 0.147 e. The Morgan fingerprint density at radius 1 is 0.900 bits per heavy atom. The van der Waals surface area contributed by atoms with Crippen LogP contribution in [0.1, 0.15) is 56.5 Å². The number of nitrogens with zero attached hydrogens (tertiary/aromatic N) is 2. The molecule has 0 radical (unpaired) electrons. The van der Waals surface area contributed by atoms with E-state index in [1.54, 1.807) is 11.3 Å². The average molecular weight is 288 g/mol. The molecule has 2 rings (SSSR count). The Balaban J connectivity index is 1.87. The van der Waals surface area contributed by atoms with E-state index in [2.05, 4.69) is 48.3 Å². The summed E-state index contributed by atoms with van der Waals surface area (Å²) in [7, 11) is 0. The van der Waals surface area contributed by atoms with Crippen LogP contribution in [0.15, 0.2) is 24.3 Å². The highest BCUT2D eigenvalue weighted by Crippen LogP contribution is 2.24. The van der Waals surface area contributed by atoms with Gasteiger partial charge in [-0.3, -0.25) is 0 Å². The zero-order chi connectivity index (χ0) is 14.2. The molecule has 0 aliphatic rings. The fourth-order valence-electron chi connectivity index (χ4n) is 2.23. The van der Waals surface area contributed by atoms with Gasteiger partial charge in [0.2, 0.25) is 0 Å². The Kier molecular flexibility index (Phi) is 6.19. The molecule has 0 saturated heterocycles. The molecule has 0 fully saturated rings. The second-order valence-corrected chi connectivity index (χ2v) is 6.28. The molecule has 1 aromatic carbocycles. The first kappa shape index (κ1) is 15.2. The molecule has 0 aliphatic carbocycles. The number of rotatable bonds is 8. The van der Waals surface area contributed by atoms with Crippen LogP contribution in [0.3, 0.4) is 0 Å². The van der Waals surface area contributed by atoms with E-state index in [9.17, 15) is 0 Å². The fourth-order valence-corrected chi connectivity index (χ4v) is 3.12. The molecule has 108 valence electrons. The lowest BCUT2D eigenvalue weighted by molar-refractivity contribution is 0.630. The van der Waals surface area contributed by atoms with Crippen molar-refractivity contribution in [1.82, 2.24) is 10.2 Å². The maximum atomic E-state index is 4.33. The van der Waals surface area contributed by atoms with Crippen molar-refractivity contribution in [2.45, 2.75) is 58.8 Å². The van der Waals surface area contributed by atoms with Gasteiger partial charge in [0.25, 0.3) is 0 Å². The lowest BCUT2D eigenvalue weighted by atomic mass is 10.1. The van der Waals surface area contributed by atoms with Crippen molar-refractivity contribution < 1.29 is 0 Å². The van der Waals surface area contributed by atoms with Gasteiger partial charge in [0, 0.05) is 12.0 Å². The molecule has 0 saturated carbocycles. The second-order valence-electron chi connectivity index (χ2n) is 5.22.